The molecule has 0 N–H and O–H groups in total. The van der Waals surface area contributed by atoms with E-state index in [1.165, 1.54) is 199 Å². The van der Waals surface area contributed by atoms with Crippen molar-refractivity contribution >= 4 is 17.9 Å². The molecule has 0 aliphatic rings. The van der Waals surface area contributed by atoms with Gasteiger partial charge in [0.25, 0.3) is 0 Å². The van der Waals surface area contributed by atoms with Crippen LogP contribution in [0.1, 0.15) is 323 Å². The van der Waals surface area contributed by atoms with Gasteiger partial charge in [0.05, 0.1) is 0 Å². The molecule has 0 spiro atoms. The molecule has 0 radical (unpaired) electrons. The first-order valence-corrected chi connectivity index (χ1v) is 31.3. The first-order valence-electron chi connectivity index (χ1n) is 31.3. The van der Waals surface area contributed by atoms with Crippen LogP contribution in [0.15, 0.2) is 60.8 Å². The monoisotopic (exact) mass is 1010 g/mol. The second-order valence-corrected chi connectivity index (χ2v) is 21.0. The molecule has 0 aromatic rings. The molecule has 418 valence electrons. The van der Waals surface area contributed by atoms with Gasteiger partial charge in [-0.2, -0.15) is 0 Å². The zero-order valence-electron chi connectivity index (χ0n) is 47.9. The summed E-state index contributed by atoms with van der Waals surface area (Å²) < 4.78 is 16.9. The van der Waals surface area contributed by atoms with Crippen LogP contribution < -0.4 is 0 Å². The summed E-state index contributed by atoms with van der Waals surface area (Å²) in [7, 11) is 0. The van der Waals surface area contributed by atoms with E-state index in [0.29, 0.717) is 19.3 Å². The predicted octanol–water partition coefficient (Wildman–Crippen LogP) is 21.2. The van der Waals surface area contributed by atoms with E-state index in [9.17, 15) is 14.4 Å². The first-order chi connectivity index (χ1) is 35.5. The number of hydrogen-bond donors (Lipinski definition) is 0. The minimum absolute atomic E-state index is 0.0814. The molecule has 1 atom stereocenters. The molecule has 0 amide bonds. The third kappa shape index (κ3) is 58.0. The van der Waals surface area contributed by atoms with Crippen LogP contribution in [-0.2, 0) is 28.6 Å². The summed E-state index contributed by atoms with van der Waals surface area (Å²) in [5.41, 5.74) is 0. The van der Waals surface area contributed by atoms with Crippen molar-refractivity contribution in [2.75, 3.05) is 13.2 Å². The quantitative estimate of drug-likeness (QED) is 0.0261. The van der Waals surface area contributed by atoms with Crippen LogP contribution in [0.3, 0.4) is 0 Å². The number of rotatable bonds is 57. The SMILES string of the molecule is CCCCCC/C=C\C/C=C\CCCCCCCC(=O)OCC(COC(=O)CCCCCCCCCCC/C=C\C/C=C\CCCCCCC)OC(=O)CCCCCCCCC/C=C\CCCCCCCC. The Balaban J connectivity index is 4.38. The largest absolute Gasteiger partial charge is 0.462 e. The molecule has 1 unspecified atom stereocenters. The second kappa shape index (κ2) is 60.7. The van der Waals surface area contributed by atoms with Crippen molar-refractivity contribution in [3.05, 3.63) is 60.8 Å². The molecule has 0 rings (SSSR count). The van der Waals surface area contributed by atoms with Crippen LogP contribution in [0.4, 0.5) is 0 Å². The molecule has 0 aliphatic heterocycles. The maximum atomic E-state index is 12.9. The molecule has 0 heterocycles. The Morgan fingerprint density at radius 2 is 0.500 bits per heavy atom. The van der Waals surface area contributed by atoms with Gasteiger partial charge in [-0.3, -0.25) is 14.4 Å². The molecule has 0 bridgehead atoms. The third-order valence-corrected chi connectivity index (χ3v) is 13.7. The highest BCUT2D eigenvalue weighted by atomic mass is 16.6. The van der Waals surface area contributed by atoms with Crippen LogP contribution in [-0.4, -0.2) is 37.2 Å². The number of ether oxygens (including phenoxy) is 3. The molecule has 0 saturated heterocycles. The van der Waals surface area contributed by atoms with Crippen LogP contribution in [0, 0.1) is 0 Å². The number of hydrogen-bond acceptors (Lipinski definition) is 6. The highest BCUT2D eigenvalue weighted by molar-refractivity contribution is 5.71. The van der Waals surface area contributed by atoms with E-state index < -0.39 is 6.10 Å². The van der Waals surface area contributed by atoms with Crippen molar-refractivity contribution < 1.29 is 28.6 Å². The van der Waals surface area contributed by atoms with Crippen LogP contribution >= 0.6 is 0 Å². The number of allylic oxidation sites excluding steroid dienone is 10. The van der Waals surface area contributed by atoms with Crippen LogP contribution in [0.5, 0.6) is 0 Å². The van der Waals surface area contributed by atoms with Crippen LogP contribution in [0.25, 0.3) is 0 Å². The number of esters is 3. The Labute approximate surface area is 447 Å². The zero-order chi connectivity index (χ0) is 52.2. The topological polar surface area (TPSA) is 78.9 Å². The highest BCUT2D eigenvalue weighted by Crippen LogP contribution is 2.16. The summed E-state index contributed by atoms with van der Waals surface area (Å²) in [5, 5.41) is 0. The van der Waals surface area contributed by atoms with Crippen molar-refractivity contribution in [3.63, 3.8) is 0 Å². The Bertz CT molecular complexity index is 1290. The second-order valence-electron chi connectivity index (χ2n) is 21.0. The van der Waals surface area contributed by atoms with Gasteiger partial charge in [0.2, 0.25) is 0 Å². The van der Waals surface area contributed by atoms with Crippen molar-refractivity contribution in [1.29, 1.82) is 0 Å². The predicted molar refractivity (Wildman–Crippen MR) is 312 cm³/mol. The Kier molecular flexibility index (Phi) is 58.2. The van der Waals surface area contributed by atoms with E-state index in [1.807, 2.05) is 0 Å². The molecule has 0 saturated carbocycles. The van der Waals surface area contributed by atoms with E-state index in [2.05, 4.69) is 81.5 Å². The van der Waals surface area contributed by atoms with Gasteiger partial charge in [-0.25, -0.2) is 0 Å². The standard InChI is InChI=1S/C66H118O6/c1-4-7-10-13-16-19-22-25-28-31-32-33-34-36-38-41-44-47-50-53-56-59-65(68)71-62-63(61-70-64(67)58-55-52-49-46-43-40-37-30-27-24-21-18-15-12-9-6-3)72-66(69)60-57-54-51-48-45-42-39-35-29-26-23-20-17-14-11-8-5-2/h21-22,24-26,29-32,37,63H,4-20,23,27-28,33-36,38-62H2,1-3H3/b24-21-,25-22-,29-26-,32-31-,37-30-. The fraction of sp³-hybridized carbons (Fsp3) is 0.803. The Morgan fingerprint density at radius 3 is 0.792 bits per heavy atom. The van der Waals surface area contributed by atoms with E-state index in [4.69, 9.17) is 14.2 Å². The average Bonchev–Trinajstić information content (AvgIpc) is 3.38. The molecular formula is C66H118O6. The summed E-state index contributed by atoms with van der Waals surface area (Å²) in [6.45, 7) is 6.63. The number of unbranched alkanes of at least 4 members (excludes halogenated alkanes) is 36. The van der Waals surface area contributed by atoms with Crippen molar-refractivity contribution in [3.8, 4) is 0 Å². The summed E-state index contributed by atoms with van der Waals surface area (Å²) in [6.07, 6.45) is 76.4. The van der Waals surface area contributed by atoms with Gasteiger partial charge in [0, 0.05) is 19.3 Å². The minimum Gasteiger partial charge on any atom is -0.462 e. The molecule has 72 heavy (non-hydrogen) atoms. The van der Waals surface area contributed by atoms with E-state index >= 15 is 0 Å². The third-order valence-electron chi connectivity index (χ3n) is 13.7. The lowest BCUT2D eigenvalue weighted by atomic mass is 10.1. The van der Waals surface area contributed by atoms with Crippen molar-refractivity contribution in [2.45, 2.75) is 329 Å². The minimum atomic E-state index is -0.785. The lowest BCUT2D eigenvalue weighted by molar-refractivity contribution is -0.167. The lowest BCUT2D eigenvalue weighted by Gasteiger charge is -2.18. The molecule has 0 aromatic carbocycles. The summed E-state index contributed by atoms with van der Waals surface area (Å²) in [5.74, 6) is -0.889. The Morgan fingerprint density at radius 1 is 0.278 bits per heavy atom. The molecule has 0 fully saturated rings. The maximum absolute atomic E-state index is 12.9. The molecule has 6 nitrogen and oxygen atoms in total. The maximum Gasteiger partial charge on any atom is 0.306 e. The number of carbonyl (C=O) groups excluding carboxylic acids is 3. The smallest absolute Gasteiger partial charge is 0.306 e. The van der Waals surface area contributed by atoms with Gasteiger partial charge in [0.1, 0.15) is 13.2 Å². The van der Waals surface area contributed by atoms with Crippen molar-refractivity contribution in [2.24, 2.45) is 0 Å². The van der Waals surface area contributed by atoms with E-state index in [1.54, 1.807) is 0 Å². The Hall–Kier alpha value is -2.89. The summed E-state index contributed by atoms with van der Waals surface area (Å²) in [6, 6.07) is 0. The highest BCUT2D eigenvalue weighted by Gasteiger charge is 2.19. The molecule has 0 aliphatic carbocycles. The van der Waals surface area contributed by atoms with Gasteiger partial charge in [0.15, 0.2) is 6.10 Å². The average molecular weight is 1010 g/mol. The molecule has 6 heteroatoms. The fourth-order valence-electron chi connectivity index (χ4n) is 8.97. The normalized spacial score (nSPS) is 12.4. The van der Waals surface area contributed by atoms with Gasteiger partial charge in [-0.05, 0) is 109 Å². The first kappa shape index (κ1) is 69.1. The molecular weight excluding hydrogens is 889 g/mol. The number of carbonyl (C=O) groups is 3. The van der Waals surface area contributed by atoms with E-state index in [-0.39, 0.29) is 31.1 Å². The van der Waals surface area contributed by atoms with Gasteiger partial charge in [-0.15, -0.1) is 0 Å². The van der Waals surface area contributed by atoms with Gasteiger partial charge < -0.3 is 14.2 Å². The van der Waals surface area contributed by atoms with Gasteiger partial charge in [-0.1, -0.05) is 255 Å². The lowest BCUT2D eigenvalue weighted by Crippen LogP contribution is -2.30. The van der Waals surface area contributed by atoms with Crippen LogP contribution in [0.2, 0.25) is 0 Å². The van der Waals surface area contributed by atoms with E-state index in [0.717, 1.165) is 83.5 Å². The summed E-state index contributed by atoms with van der Waals surface area (Å²) >= 11 is 0. The zero-order valence-corrected chi connectivity index (χ0v) is 47.9. The van der Waals surface area contributed by atoms with Gasteiger partial charge >= 0.3 is 17.9 Å². The summed E-state index contributed by atoms with van der Waals surface area (Å²) in [4.78, 5) is 38.3. The molecule has 0 aromatic heterocycles. The van der Waals surface area contributed by atoms with Crippen molar-refractivity contribution in [1.82, 2.24) is 0 Å². The fourth-order valence-corrected chi connectivity index (χ4v) is 8.97.